The Morgan fingerprint density at radius 3 is 2.94 bits per heavy atom. The molecular weight excluding hydrogens is 228 g/mol. The number of fused-ring (bicyclic) bond motifs is 1. The van der Waals surface area contributed by atoms with E-state index in [0.717, 1.165) is 22.5 Å². The van der Waals surface area contributed by atoms with E-state index < -0.39 is 0 Å². The van der Waals surface area contributed by atoms with Gasteiger partial charge in [0.25, 0.3) is 5.91 Å². The molecule has 5 nitrogen and oxygen atoms in total. The SMILES string of the molecule is Cc1cccc2c1NC(c1cnn(C)c1)C(=O)N2. The average molecular weight is 242 g/mol. The van der Waals surface area contributed by atoms with Gasteiger partial charge in [-0.25, -0.2) is 0 Å². The van der Waals surface area contributed by atoms with Crippen LogP contribution in [0.3, 0.4) is 0 Å². The number of benzene rings is 1. The number of aryl methyl sites for hydroxylation is 2. The van der Waals surface area contributed by atoms with E-state index in [1.807, 2.05) is 38.4 Å². The molecule has 18 heavy (non-hydrogen) atoms. The first kappa shape index (κ1) is 10.8. The van der Waals surface area contributed by atoms with Crippen LogP contribution >= 0.6 is 0 Å². The van der Waals surface area contributed by atoms with Gasteiger partial charge in [-0.05, 0) is 18.6 Å². The molecule has 2 N–H and O–H groups in total. The third-order valence-corrected chi connectivity index (χ3v) is 3.14. The molecule has 2 aromatic rings. The number of nitrogens with one attached hydrogen (secondary N) is 2. The van der Waals surface area contributed by atoms with Crippen molar-refractivity contribution in [3.05, 3.63) is 41.7 Å². The number of hydrogen-bond donors (Lipinski definition) is 2. The molecule has 1 aliphatic heterocycles. The second-order valence-corrected chi connectivity index (χ2v) is 4.51. The van der Waals surface area contributed by atoms with E-state index in [-0.39, 0.29) is 11.9 Å². The number of aromatic nitrogens is 2. The fraction of sp³-hybridized carbons (Fsp3) is 0.231. The van der Waals surface area contributed by atoms with Crippen LogP contribution in [0.1, 0.15) is 17.2 Å². The zero-order valence-electron chi connectivity index (χ0n) is 10.3. The largest absolute Gasteiger partial charge is 0.368 e. The summed E-state index contributed by atoms with van der Waals surface area (Å²) in [5, 5.41) is 10.3. The number of carbonyl (C=O) groups excluding carboxylic acids is 1. The van der Waals surface area contributed by atoms with Gasteiger partial charge in [-0.2, -0.15) is 5.10 Å². The van der Waals surface area contributed by atoms with Crippen molar-refractivity contribution in [1.82, 2.24) is 9.78 Å². The Morgan fingerprint density at radius 1 is 1.39 bits per heavy atom. The standard InChI is InChI=1S/C13H14N4O/c1-8-4-3-5-10-11(8)16-12(13(18)15-10)9-6-14-17(2)7-9/h3-7,12,16H,1-2H3,(H,15,18). The topological polar surface area (TPSA) is 59.0 Å². The molecule has 1 amide bonds. The fourth-order valence-electron chi connectivity index (χ4n) is 2.20. The average Bonchev–Trinajstić information content (AvgIpc) is 2.75. The van der Waals surface area contributed by atoms with Crippen molar-refractivity contribution >= 4 is 17.3 Å². The maximum Gasteiger partial charge on any atom is 0.251 e. The Bertz CT molecular complexity index is 617. The monoisotopic (exact) mass is 242 g/mol. The molecule has 3 rings (SSSR count). The molecule has 1 unspecified atom stereocenters. The zero-order valence-corrected chi connectivity index (χ0v) is 10.3. The summed E-state index contributed by atoms with van der Waals surface area (Å²) in [5.74, 6) is -0.0545. The van der Waals surface area contributed by atoms with Crippen molar-refractivity contribution in [2.75, 3.05) is 10.6 Å². The number of rotatable bonds is 1. The van der Waals surface area contributed by atoms with Crippen molar-refractivity contribution < 1.29 is 4.79 Å². The smallest absolute Gasteiger partial charge is 0.251 e. The van der Waals surface area contributed by atoms with Gasteiger partial charge in [0.1, 0.15) is 6.04 Å². The Balaban J connectivity index is 2.01. The Hall–Kier alpha value is -2.30. The molecule has 0 spiro atoms. The van der Waals surface area contributed by atoms with Crippen LogP contribution in [0.15, 0.2) is 30.6 Å². The molecular formula is C13H14N4O. The van der Waals surface area contributed by atoms with Gasteiger partial charge in [0.15, 0.2) is 0 Å². The third-order valence-electron chi connectivity index (χ3n) is 3.14. The fourth-order valence-corrected chi connectivity index (χ4v) is 2.20. The minimum Gasteiger partial charge on any atom is -0.368 e. The van der Waals surface area contributed by atoms with Crippen molar-refractivity contribution in [1.29, 1.82) is 0 Å². The summed E-state index contributed by atoms with van der Waals surface area (Å²) in [4.78, 5) is 12.1. The second kappa shape index (κ2) is 3.87. The highest BCUT2D eigenvalue weighted by atomic mass is 16.2. The summed E-state index contributed by atoms with van der Waals surface area (Å²) in [6.07, 6.45) is 3.56. The molecule has 0 fully saturated rings. The molecule has 1 atom stereocenters. The molecule has 2 heterocycles. The van der Waals surface area contributed by atoms with Crippen LogP contribution in [-0.2, 0) is 11.8 Å². The van der Waals surface area contributed by atoms with Crippen molar-refractivity contribution in [2.24, 2.45) is 7.05 Å². The van der Waals surface area contributed by atoms with Crippen molar-refractivity contribution in [3.8, 4) is 0 Å². The highest BCUT2D eigenvalue weighted by Gasteiger charge is 2.28. The number of hydrogen-bond acceptors (Lipinski definition) is 3. The quantitative estimate of drug-likeness (QED) is 0.802. The van der Waals surface area contributed by atoms with E-state index in [4.69, 9.17) is 0 Å². The van der Waals surface area contributed by atoms with Crippen LogP contribution in [-0.4, -0.2) is 15.7 Å². The molecule has 0 aliphatic carbocycles. The van der Waals surface area contributed by atoms with E-state index in [9.17, 15) is 4.79 Å². The van der Waals surface area contributed by atoms with E-state index in [2.05, 4.69) is 15.7 Å². The number of para-hydroxylation sites is 1. The number of amides is 1. The summed E-state index contributed by atoms with van der Waals surface area (Å²) in [7, 11) is 1.84. The van der Waals surface area contributed by atoms with Crippen LogP contribution in [0.25, 0.3) is 0 Å². The molecule has 92 valence electrons. The van der Waals surface area contributed by atoms with Gasteiger partial charge >= 0.3 is 0 Å². The van der Waals surface area contributed by atoms with E-state index in [1.54, 1.807) is 10.9 Å². The summed E-state index contributed by atoms with van der Waals surface area (Å²) in [6, 6.07) is 5.46. The van der Waals surface area contributed by atoms with Crippen LogP contribution < -0.4 is 10.6 Å². The molecule has 1 aromatic carbocycles. The van der Waals surface area contributed by atoms with Gasteiger partial charge in [0, 0.05) is 18.8 Å². The first-order valence-corrected chi connectivity index (χ1v) is 5.81. The van der Waals surface area contributed by atoms with Gasteiger partial charge in [-0.1, -0.05) is 12.1 Å². The minimum atomic E-state index is -0.382. The molecule has 0 saturated carbocycles. The van der Waals surface area contributed by atoms with Crippen LogP contribution in [0.5, 0.6) is 0 Å². The number of nitrogens with zero attached hydrogens (tertiary/aromatic N) is 2. The van der Waals surface area contributed by atoms with Crippen molar-refractivity contribution in [2.45, 2.75) is 13.0 Å². The number of anilines is 2. The lowest BCUT2D eigenvalue weighted by Gasteiger charge is -2.27. The third kappa shape index (κ3) is 1.64. The first-order valence-electron chi connectivity index (χ1n) is 5.81. The predicted molar refractivity (Wildman–Crippen MR) is 69.4 cm³/mol. The van der Waals surface area contributed by atoms with Gasteiger partial charge in [0.05, 0.1) is 17.6 Å². The predicted octanol–water partition coefficient (Wildman–Crippen LogP) is 1.83. The van der Waals surface area contributed by atoms with E-state index >= 15 is 0 Å². The highest BCUT2D eigenvalue weighted by Crippen LogP contribution is 2.34. The lowest BCUT2D eigenvalue weighted by molar-refractivity contribution is -0.117. The molecule has 0 bridgehead atoms. The summed E-state index contributed by atoms with van der Waals surface area (Å²) >= 11 is 0. The number of carbonyl (C=O) groups is 1. The lowest BCUT2D eigenvalue weighted by Crippen LogP contribution is -2.32. The molecule has 0 saturated heterocycles. The molecule has 5 heteroatoms. The highest BCUT2D eigenvalue weighted by molar-refractivity contribution is 6.03. The van der Waals surface area contributed by atoms with Crippen LogP contribution in [0, 0.1) is 6.92 Å². The van der Waals surface area contributed by atoms with Crippen LogP contribution in [0.4, 0.5) is 11.4 Å². The van der Waals surface area contributed by atoms with E-state index in [1.165, 1.54) is 0 Å². The normalized spacial score (nSPS) is 17.9. The Morgan fingerprint density at radius 2 is 2.22 bits per heavy atom. The summed E-state index contributed by atoms with van der Waals surface area (Å²) in [5.41, 5.74) is 3.79. The zero-order chi connectivity index (χ0) is 12.7. The maximum absolute atomic E-state index is 12.1. The molecule has 1 aromatic heterocycles. The van der Waals surface area contributed by atoms with Gasteiger partial charge in [0.2, 0.25) is 0 Å². The van der Waals surface area contributed by atoms with Gasteiger partial charge < -0.3 is 10.6 Å². The summed E-state index contributed by atoms with van der Waals surface area (Å²) in [6.45, 7) is 2.02. The van der Waals surface area contributed by atoms with Gasteiger partial charge in [-0.3, -0.25) is 9.48 Å². The molecule has 0 radical (unpaired) electrons. The maximum atomic E-state index is 12.1. The first-order chi connectivity index (χ1) is 8.65. The second-order valence-electron chi connectivity index (χ2n) is 4.51. The van der Waals surface area contributed by atoms with Crippen LogP contribution in [0.2, 0.25) is 0 Å². The lowest BCUT2D eigenvalue weighted by atomic mass is 10.0. The molecule has 1 aliphatic rings. The van der Waals surface area contributed by atoms with Gasteiger partial charge in [-0.15, -0.1) is 0 Å². The minimum absolute atomic E-state index is 0.0545. The Kier molecular flexibility index (Phi) is 2.33. The van der Waals surface area contributed by atoms with Crippen molar-refractivity contribution in [3.63, 3.8) is 0 Å². The van der Waals surface area contributed by atoms with E-state index in [0.29, 0.717) is 0 Å². The Labute approximate surface area is 105 Å². The summed E-state index contributed by atoms with van der Waals surface area (Å²) < 4.78 is 1.69.